The smallest absolute Gasteiger partial charge is 0.0798 e. The molecule has 3 nitrogen and oxygen atoms in total. The highest BCUT2D eigenvalue weighted by Crippen LogP contribution is 2.25. The molecule has 0 amide bonds. The molecule has 0 spiro atoms. The Labute approximate surface area is 82.4 Å². The summed E-state index contributed by atoms with van der Waals surface area (Å²) in [7, 11) is 4.41. The summed E-state index contributed by atoms with van der Waals surface area (Å²) in [5.74, 6) is 0. The lowest BCUT2D eigenvalue weighted by Crippen LogP contribution is -2.53. The van der Waals surface area contributed by atoms with Crippen molar-refractivity contribution in [2.45, 2.75) is 11.1 Å². The molecular formula is C8H16BrN3. The summed E-state index contributed by atoms with van der Waals surface area (Å²) in [6.45, 7) is 4.73. The van der Waals surface area contributed by atoms with E-state index in [0.29, 0.717) is 11.1 Å². The van der Waals surface area contributed by atoms with Gasteiger partial charge in [-0.1, -0.05) is 15.9 Å². The quantitative estimate of drug-likeness (QED) is 0.438. The Balaban J connectivity index is 2.07. The van der Waals surface area contributed by atoms with E-state index in [0.717, 1.165) is 6.54 Å². The molecule has 2 aliphatic heterocycles. The molecule has 2 heterocycles. The minimum absolute atomic E-state index is 0.571. The fourth-order valence-corrected chi connectivity index (χ4v) is 3.03. The molecule has 0 aromatic heterocycles. The van der Waals surface area contributed by atoms with E-state index in [1.165, 1.54) is 19.6 Å². The minimum Gasteiger partial charge on any atom is -0.302 e. The molecule has 0 aromatic rings. The zero-order valence-corrected chi connectivity index (χ0v) is 9.29. The number of hydrogen-bond donors (Lipinski definition) is 0. The van der Waals surface area contributed by atoms with Gasteiger partial charge in [-0.05, 0) is 14.1 Å². The molecule has 2 atom stereocenters. The molecule has 2 fully saturated rings. The van der Waals surface area contributed by atoms with E-state index in [4.69, 9.17) is 0 Å². The Morgan fingerprint density at radius 2 is 1.92 bits per heavy atom. The second kappa shape index (κ2) is 3.25. The van der Waals surface area contributed by atoms with E-state index >= 15 is 0 Å². The fourth-order valence-electron chi connectivity index (χ4n) is 2.09. The van der Waals surface area contributed by atoms with Gasteiger partial charge in [0.2, 0.25) is 0 Å². The average molecular weight is 234 g/mol. The minimum atomic E-state index is 0.571. The van der Waals surface area contributed by atoms with Gasteiger partial charge in [-0.2, -0.15) is 0 Å². The SMILES string of the molecule is CN1CCN2C(Br)CN(C)C2C1. The van der Waals surface area contributed by atoms with Crippen LogP contribution in [0.15, 0.2) is 0 Å². The zero-order chi connectivity index (χ0) is 8.72. The highest BCUT2D eigenvalue weighted by atomic mass is 79.9. The Hall–Kier alpha value is 0.360. The van der Waals surface area contributed by atoms with Gasteiger partial charge < -0.3 is 4.90 Å². The summed E-state index contributed by atoms with van der Waals surface area (Å²) in [6, 6.07) is 0. The molecule has 2 aliphatic rings. The van der Waals surface area contributed by atoms with E-state index < -0.39 is 0 Å². The van der Waals surface area contributed by atoms with Crippen LogP contribution in [0.5, 0.6) is 0 Å². The predicted octanol–water partition coefficient (Wildman–Crippen LogP) is 0.226. The molecular weight excluding hydrogens is 218 g/mol. The topological polar surface area (TPSA) is 9.72 Å². The van der Waals surface area contributed by atoms with Crippen LogP contribution in [0, 0.1) is 0 Å². The standard InChI is InChI=1S/C8H16BrN3/c1-10-3-4-12-7(9)5-11(2)8(12)6-10/h7-8H,3-6H2,1-2H3. The van der Waals surface area contributed by atoms with Gasteiger partial charge in [0.25, 0.3) is 0 Å². The van der Waals surface area contributed by atoms with Crippen LogP contribution in [-0.2, 0) is 0 Å². The molecule has 70 valence electrons. The number of rotatable bonds is 0. The Morgan fingerprint density at radius 3 is 2.67 bits per heavy atom. The summed E-state index contributed by atoms with van der Waals surface area (Å²) in [4.78, 5) is 7.94. The Morgan fingerprint density at radius 1 is 1.17 bits per heavy atom. The number of hydrogen-bond acceptors (Lipinski definition) is 3. The maximum Gasteiger partial charge on any atom is 0.0798 e. The lowest BCUT2D eigenvalue weighted by Gasteiger charge is -2.38. The van der Waals surface area contributed by atoms with Gasteiger partial charge in [0, 0.05) is 26.2 Å². The van der Waals surface area contributed by atoms with E-state index in [9.17, 15) is 0 Å². The second-order valence-electron chi connectivity index (χ2n) is 3.85. The third kappa shape index (κ3) is 1.41. The van der Waals surface area contributed by atoms with Gasteiger partial charge in [-0.15, -0.1) is 0 Å². The van der Waals surface area contributed by atoms with Gasteiger partial charge in [0.05, 0.1) is 11.1 Å². The average Bonchev–Trinajstić information content (AvgIpc) is 2.28. The van der Waals surface area contributed by atoms with Crippen LogP contribution in [0.1, 0.15) is 0 Å². The molecule has 0 saturated carbocycles. The van der Waals surface area contributed by atoms with Crippen LogP contribution >= 0.6 is 15.9 Å². The normalized spacial score (nSPS) is 40.2. The van der Waals surface area contributed by atoms with Gasteiger partial charge in [0.1, 0.15) is 0 Å². The summed E-state index contributed by atoms with van der Waals surface area (Å²) < 4.78 is 0. The van der Waals surface area contributed by atoms with E-state index in [1.807, 2.05) is 0 Å². The van der Waals surface area contributed by atoms with Crippen LogP contribution in [0.25, 0.3) is 0 Å². The summed E-state index contributed by atoms with van der Waals surface area (Å²) >= 11 is 3.71. The molecule has 12 heavy (non-hydrogen) atoms. The molecule has 0 bridgehead atoms. The maximum absolute atomic E-state index is 3.71. The third-order valence-corrected chi connectivity index (χ3v) is 3.72. The van der Waals surface area contributed by atoms with Crippen LogP contribution in [-0.4, -0.2) is 66.1 Å². The number of fused-ring (bicyclic) bond motifs is 1. The van der Waals surface area contributed by atoms with Gasteiger partial charge >= 0.3 is 0 Å². The van der Waals surface area contributed by atoms with Crippen LogP contribution in [0.3, 0.4) is 0 Å². The van der Waals surface area contributed by atoms with Crippen LogP contribution < -0.4 is 0 Å². The molecule has 0 radical (unpaired) electrons. The first-order valence-corrected chi connectivity index (χ1v) is 5.38. The zero-order valence-electron chi connectivity index (χ0n) is 7.70. The summed E-state index contributed by atoms with van der Waals surface area (Å²) in [5, 5.41) is 0. The Bertz CT molecular complexity index is 176. The number of halogens is 1. The Kier molecular flexibility index (Phi) is 2.42. The molecule has 2 rings (SSSR count). The van der Waals surface area contributed by atoms with Crippen molar-refractivity contribution >= 4 is 15.9 Å². The first-order valence-electron chi connectivity index (χ1n) is 4.47. The van der Waals surface area contributed by atoms with Gasteiger partial charge in [-0.25, -0.2) is 0 Å². The highest BCUT2D eigenvalue weighted by molar-refractivity contribution is 9.09. The van der Waals surface area contributed by atoms with Crippen molar-refractivity contribution in [2.24, 2.45) is 0 Å². The largest absolute Gasteiger partial charge is 0.302 e. The molecule has 0 N–H and O–H groups in total. The molecule has 2 saturated heterocycles. The van der Waals surface area contributed by atoms with Crippen LogP contribution in [0.2, 0.25) is 0 Å². The van der Waals surface area contributed by atoms with Crippen molar-refractivity contribution < 1.29 is 0 Å². The monoisotopic (exact) mass is 233 g/mol. The van der Waals surface area contributed by atoms with E-state index in [1.54, 1.807) is 0 Å². The lowest BCUT2D eigenvalue weighted by atomic mass is 10.3. The molecule has 4 heteroatoms. The highest BCUT2D eigenvalue weighted by Gasteiger charge is 2.38. The number of alkyl halides is 1. The number of piperazine rings is 1. The maximum atomic E-state index is 3.71. The van der Waals surface area contributed by atoms with Crippen LogP contribution in [0.4, 0.5) is 0 Å². The van der Waals surface area contributed by atoms with Crippen molar-refractivity contribution in [1.82, 2.24) is 14.7 Å². The lowest BCUT2D eigenvalue weighted by molar-refractivity contribution is 0.0618. The predicted molar refractivity (Wildman–Crippen MR) is 53.3 cm³/mol. The van der Waals surface area contributed by atoms with Crippen molar-refractivity contribution in [3.05, 3.63) is 0 Å². The second-order valence-corrected chi connectivity index (χ2v) is 4.91. The molecule has 0 aromatic carbocycles. The van der Waals surface area contributed by atoms with Gasteiger partial charge in [-0.3, -0.25) is 9.80 Å². The summed E-state index contributed by atoms with van der Waals surface area (Å²) in [5.41, 5.74) is 0. The molecule has 0 aliphatic carbocycles. The van der Waals surface area contributed by atoms with Crippen molar-refractivity contribution in [3.63, 3.8) is 0 Å². The first-order chi connectivity index (χ1) is 5.68. The van der Waals surface area contributed by atoms with E-state index in [2.05, 4.69) is 44.7 Å². The van der Waals surface area contributed by atoms with Crippen molar-refractivity contribution in [2.75, 3.05) is 40.3 Å². The third-order valence-electron chi connectivity index (χ3n) is 2.91. The van der Waals surface area contributed by atoms with Crippen molar-refractivity contribution in [1.29, 1.82) is 0 Å². The number of nitrogens with zero attached hydrogens (tertiary/aromatic N) is 3. The molecule has 2 unspecified atom stereocenters. The number of likely N-dealkylation sites (N-methyl/N-ethyl adjacent to an activating group) is 2. The summed E-state index contributed by atoms with van der Waals surface area (Å²) in [6.07, 6.45) is 0.633. The van der Waals surface area contributed by atoms with Crippen molar-refractivity contribution in [3.8, 4) is 0 Å². The van der Waals surface area contributed by atoms with E-state index in [-0.39, 0.29) is 0 Å². The first kappa shape index (κ1) is 8.94. The fraction of sp³-hybridized carbons (Fsp3) is 1.00. The van der Waals surface area contributed by atoms with Gasteiger partial charge in [0.15, 0.2) is 0 Å².